The highest BCUT2D eigenvalue weighted by atomic mass is 32.1. The summed E-state index contributed by atoms with van der Waals surface area (Å²) in [6, 6.07) is 7.05. The lowest BCUT2D eigenvalue weighted by Gasteiger charge is -2.32. The molecular formula is C18H26N2O3S. The number of benzene rings is 1. The van der Waals surface area contributed by atoms with Gasteiger partial charge in [-0.15, -0.1) is 0 Å². The van der Waals surface area contributed by atoms with Gasteiger partial charge in [0.05, 0.1) is 6.61 Å². The summed E-state index contributed by atoms with van der Waals surface area (Å²) in [6.07, 6.45) is 2.23. The number of piperidine rings is 1. The SMILES string of the molecule is CCOCCOc1ccc(C(=O)NC(=S)N2CCC(C)CC2)cc1. The van der Waals surface area contributed by atoms with Crippen LogP contribution >= 0.6 is 12.2 Å². The van der Waals surface area contributed by atoms with Gasteiger partial charge in [0.25, 0.3) is 5.91 Å². The second kappa shape index (κ2) is 9.59. The van der Waals surface area contributed by atoms with Gasteiger partial charge in [-0.25, -0.2) is 0 Å². The first-order valence-corrected chi connectivity index (χ1v) is 8.92. The average molecular weight is 350 g/mol. The smallest absolute Gasteiger partial charge is 0.257 e. The Hall–Kier alpha value is -1.66. The maximum absolute atomic E-state index is 12.3. The average Bonchev–Trinajstić information content (AvgIpc) is 2.59. The van der Waals surface area contributed by atoms with Crippen molar-refractivity contribution >= 4 is 23.2 Å². The Morgan fingerprint density at radius 3 is 2.54 bits per heavy atom. The van der Waals surface area contributed by atoms with Crippen LogP contribution in [-0.2, 0) is 4.74 Å². The first-order chi connectivity index (χ1) is 11.6. The number of likely N-dealkylation sites (tertiary alicyclic amines) is 1. The minimum atomic E-state index is -0.181. The van der Waals surface area contributed by atoms with Gasteiger partial charge < -0.3 is 14.4 Å². The number of carbonyl (C=O) groups excluding carboxylic acids is 1. The Kier molecular flexibility index (Phi) is 7.46. The zero-order valence-electron chi connectivity index (χ0n) is 14.4. The molecule has 0 atom stereocenters. The highest BCUT2D eigenvalue weighted by Gasteiger charge is 2.19. The zero-order chi connectivity index (χ0) is 17.4. The third kappa shape index (κ3) is 5.76. The standard InChI is InChI=1S/C18H26N2O3S/c1-3-22-12-13-23-16-6-4-15(5-7-16)17(21)19-18(24)20-10-8-14(2)9-11-20/h4-7,14H,3,8-13H2,1-2H3,(H,19,21,24). The predicted octanol–water partition coefficient (Wildman–Crippen LogP) is 2.85. The lowest BCUT2D eigenvalue weighted by Crippen LogP contribution is -2.46. The van der Waals surface area contributed by atoms with E-state index in [0.29, 0.717) is 30.5 Å². The van der Waals surface area contributed by atoms with Crippen molar-refractivity contribution in [3.63, 3.8) is 0 Å². The summed E-state index contributed by atoms with van der Waals surface area (Å²) < 4.78 is 10.8. The number of ether oxygens (including phenoxy) is 2. The molecule has 0 spiro atoms. The van der Waals surface area contributed by atoms with E-state index < -0.39 is 0 Å². The third-order valence-electron chi connectivity index (χ3n) is 4.11. The van der Waals surface area contributed by atoms with E-state index in [4.69, 9.17) is 21.7 Å². The van der Waals surface area contributed by atoms with Crippen LogP contribution in [0.25, 0.3) is 0 Å². The first kappa shape index (κ1) is 18.7. The number of hydrogen-bond donors (Lipinski definition) is 1. The molecule has 24 heavy (non-hydrogen) atoms. The van der Waals surface area contributed by atoms with Crippen LogP contribution in [0.5, 0.6) is 5.75 Å². The molecule has 0 unspecified atom stereocenters. The molecule has 1 aliphatic rings. The highest BCUT2D eigenvalue weighted by Crippen LogP contribution is 2.16. The molecule has 5 nitrogen and oxygen atoms in total. The Morgan fingerprint density at radius 1 is 1.25 bits per heavy atom. The lowest BCUT2D eigenvalue weighted by atomic mass is 10.00. The summed E-state index contributed by atoms with van der Waals surface area (Å²) in [4.78, 5) is 14.4. The van der Waals surface area contributed by atoms with Crippen molar-refractivity contribution < 1.29 is 14.3 Å². The maximum Gasteiger partial charge on any atom is 0.257 e. The second-order valence-corrected chi connectivity index (χ2v) is 6.39. The van der Waals surface area contributed by atoms with E-state index in [1.165, 1.54) is 0 Å². The van der Waals surface area contributed by atoms with Gasteiger partial charge in [0.2, 0.25) is 0 Å². The van der Waals surface area contributed by atoms with E-state index in [0.717, 1.165) is 37.6 Å². The molecule has 2 rings (SSSR count). The molecule has 1 saturated heterocycles. The Balaban J connectivity index is 1.80. The van der Waals surface area contributed by atoms with Crippen LogP contribution in [0.1, 0.15) is 37.0 Å². The summed E-state index contributed by atoms with van der Waals surface area (Å²) in [5.74, 6) is 1.27. The fourth-order valence-electron chi connectivity index (χ4n) is 2.53. The minimum absolute atomic E-state index is 0.181. The van der Waals surface area contributed by atoms with Crippen molar-refractivity contribution in [3.05, 3.63) is 29.8 Å². The summed E-state index contributed by atoms with van der Waals surface area (Å²) in [7, 11) is 0. The summed E-state index contributed by atoms with van der Waals surface area (Å²) in [5, 5.41) is 3.34. The third-order valence-corrected chi connectivity index (χ3v) is 4.47. The number of amides is 1. The van der Waals surface area contributed by atoms with E-state index in [1.54, 1.807) is 24.3 Å². The number of rotatable bonds is 6. The molecule has 0 aliphatic carbocycles. The fourth-order valence-corrected chi connectivity index (χ4v) is 2.80. The quantitative estimate of drug-likeness (QED) is 0.631. The van der Waals surface area contributed by atoms with Crippen LogP contribution in [0, 0.1) is 5.92 Å². The topological polar surface area (TPSA) is 50.8 Å². The molecule has 0 radical (unpaired) electrons. The largest absolute Gasteiger partial charge is 0.491 e. The van der Waals surface area contributed by atoms with Crippen LogP contribution in [0.2, 0.25) is 0 Å². The molecule has 1 N–H and O–H groups in total. The van der Waals surface area contributed by atoms with Gasteiger partial charge in [-0.05, 0) is 62.2 Å². The Labute approximate surface area is 149 Å². The molecule has 6 heteroatoms. The van der Waals surface area contributed by atoms with Gasteiger partial charge in [0.1, 0.15) is 12.4 Å². The number of thiocarbonyl (C=S) groups is 1. The van der Waals surface area contributed by atoms with Gasteiger partial charge in [-0.1, -0.05) is 6.92 Å². The predicted molar refractivity (Wildman–Crippen MR) is 98.5 cm³/mol. The lowest BCUT2D eigenvalue weighted by molar-refractivity contribution is 0.0971. The number of hydrogen-bond acceptors (Lipinski definition) is 4. The highest BCUT2D eigenvalue weighted by molar-refractivity contribution is 7.80. The molecular weight excluding hydrogens is 324 g/mol. The minimum Gasteiger partial charge on any atom is -0.491 e. The molecule has 0 aromatic heterocycles. The number of carbonyl (C=O) groups is 1. The van der Waals surface area contributed by atoms with E-state index >= 15 is 0 Å². The number of nitrogens with zero attached hydrogens (tertiary/aromatic N) is 1. The second-order valence-electron chi connectivity index (χ2n) is 6.00. The van der Waals surface area contributed by atoms with E-state index in [1.807, 2.05) is 6.92 Å². The normalized spacial score (nSPS) is 15.2. The summed E-state index contributed by atoms with van der Waals surface area (Å²) in [6.45, 7) is 7.75. The van der Waals surface area contributed by atoms with Gasteiger partial charge >= 0.3 is 0 Å². The molecule has 0 saturated carbocycles. The summed E-state index contributed by atoms with van der Waals surface area (Å²) in [5.41, 5.74) is 0.569. The molecule has 1 heterocycles. The molecule has 1 aliphatic heterocycles. The van der Waals surface area contributed by atoms with Crippen molar-refractivity contribution in [1.82, 2.24) is 10.2 Å². The van der Waals surface area contributed by atoms with E-state index in [2.05, 4.69) is 17.1 Å². The number of nitrogens with one attached hydrogen (secondary N) is 1. The molecule has 132 valence electrons. The first-order valence-electron chi connectivity index (χ1n) is 8.51. The van der Waals surface area contributed by atoms with Crippen LogP contribution in [0.3, 0.4) is 0 Å². The van der Waals surface area contributed by atoms with E-state index in [-0.39, 0.29) is 5.91 Å². The van der Waals surface area contributed by atoms with Gasteiger partial charge in [-0.2, -0.15) is 0 Å². The summed E-state index contributed by atoms with van der Waals surface area (Å²) >= 11 is 5.35. The monoisotopic (exact) mass is 350 g/mol. The Bertz CT molecular complexity index is 540. The van der Waals surface area contributed by atoms with Gasteiger partial charge in [0, 0.05) is 25.3 Å². The Morgan fingerprint density at radius 2 is 1.92 bits per heavy atom. The molecule has 1 fully saturated rings. The van der Waals surface area contributed by atoms with Crippen LogP contribution in [0.4, 0.5) is 0 Å². The van der Waals surface area contributed by atoms with Crippen LogP contribution in [-0.4, -0.2) is 48.8 Å². The molecule has 1 aromatic carbocycles. The fraction of sp³-hybridized carbons (Fsp3) is 0.556. The zero-order valence-corrected chi connectivity index (χ0v) is 15.2. The maximum atomic E-state index is 12.3. The molecule has 1 aromatic rings. The molecule has 0 bridgehead atoms. The molecule has 1 amide bonds. The van der Waals surface area contributed by atoms with Crippen molar-refractivity contribution in [2.45, 2.75) is 26.7 Å². The van der Waals surface area contributed by atoms with Crippen molar-refractivity contribution in [1.29, 1.82) is 0 Å². The van der Waals surface area contributed by atoms with Gasteiger partial charge in [-0.3, -0.25) is 10.1 Å². The van der Waals surface area contributed by atoms with Crippen LogP contribution < -0.4 is 10.1 Å². The van der Waals surface area contributed by atoms with E-state index in [9.17, 15) is 4.79 Å². The van der Waals surface area contributed by atoms with Crippen LogP contribution in [0.15, 0.2) is 24.3 Å². The van der Waals surface area contributed by atoms with Crippen molar-refractivity contribution in [2.75, 3.05) is 32.9 Å². The van der Waals surface area contributed by atoms with Gasteiger partial charge in [0.15, 0.2) is 5.11 Å². The van der Waals surface area contributed by atoms with Crippen molar-refractivity contribution in [3.8, 4) is 5.75 Å². The van der Waals surface area contributed by atoms with Crippen molar-refractivity contribution in [2.24, 2.45) is 5.92 Å².